The molecule has 0 saturated heterocycles. The van der Waals surface area contributed by atoms with Gasteiger partial charge in [0.1, 0.15) is 17.6 Å². The molecular formula is C35H38FN3O5S. The third-order valence-corrected chi connectivity index (χ3v) is 8.89. The lowest BCUT2D eigenvalue weighted by molar-refractivity contribution is -0.141. The number of ether oxygens (including phenoxy) is 1. The highest BCUT2D eigenvalue weighted by molar-refractivity contribution is 7.89. The predicted octanol–water partition coefficient (Wildman–Crippen LogP) is 5.19. The van der Waals surface area contributed by atoms with Crippen LogP contribution in [0.25, 0.3) is 0 Å². The summed E-state index contributed by atoms with van der Waals surface area (Å²) in [6, 6.07) is 28.0. The van der Waals surface area contributed by atoms with E-state index in [1.54, 1.807) is 38.3 Å². The molecule has 0 bridgehead atoms. The molecule has 4 aromatic carbocycles. The van der Waals surface area contributed by atoms with E-state index in [-0.39, 0.29) is 36.2 Å². The van der Waals surface area contributed by atoms with E-state index in [0.29, 0.717) is 30.5 Å². The number of aryl methyl sites for hydroxylation is 1. The van der Waals surface area contributed by atoms with Crippen molar-refractivity contribution in [1.82, 2.24) is 14.9 Å². The lowest BCUT2D eigenvalue weighted by atomic mass is 10.0. The lowest BCUT2D eigenvalue weighted by Gasteiger charge is -2.32. The van der Waals surface area contributed by atoms with Gasteiger partial charge in [0.15, 0.2) is 0 Å². The molecule has 0 spiro atoms. The SMILES string of the molecule is CCNS(=O)(=O)c1ccc(CCC(=O)N(Cc2ccc(F)cc2)[C@H](C(=O)NCCc2ccc(OC)cc2)c2ccccc2)cc1. The second-order valence-corrected chi connectivity index (χ2v) is 12.3. The number of halogens is 1. The number of benzene rings is 4. The smallest absolute Gasteiger partial charge is 0.247 e. The first kappa shape index (κ1) is 33.4. The quantitative estimate of drug-likeness (QED) is 0.188. The molecule has 0 aliphatic rings. The van der Waals surface area contributed by atoms with Gasteiger partial charge in [-0.2, -0.15) is 0 Å². The standard InChI is InChI=1S/C35H38FN3O5S/c1-3-38-45(42,43)32-20-13-26(14-21-32)15-22-33(40)39(25-28-9-16-30(36)17-10-28)34(29-7-5-4-6-8-29)35(41)37-24-23-27-11-18-31(44-2)19-12-27/h4-14,16-21,34,38H,3,15,22-25H2,1-2H3,(H,37,41)/t34-/m0/s1. The van der Waals surface area contributed by atoms with Crippen LogP contribution < -0.4 is 14.8 Å². The molecule has 0 heterocycles. The number of sulfonamides is 1. The third kappa shape index (κ3) is 9.47. The van der Waals surface area contributed by atoms with Crippen molar-refractivity contribution in [2.45, 2.75) is 43.7 Å². The number of carbonyl (C=O) groups is 2. The summed E-state index contributed by atoms with van der Waals surface area (Å²) in [6.45, 7) is 2.43. The molecule has 4 rings (SSSR count). The Morgan fingerprint density at radius 2 is 1.42 bits per heavy atom. The van der Waals surface area contributed by atoms with Gasteiger partial charge in [-0.15, -0.1) is 0 Å². The highest BCUT2D eigenvalue weighted by Crippen LogP contribution is 2.26. The minimum Gasteiger partial charge on any atom is -0.497 e. The van der Waals surface area contributed by atoms with Crippen LogP contribution in [0.5, 0.6) is 5.75 Å². The van der Waals surface area contributed by atoms with E-state index in [1.807, 2.05) is 54.6 Å². The van der Waals surface area contributed by atoms with Gasteiger partial charge < -0.3 is 15.0 Å². The van der Waals surface area contributed by atoms with Gasteiger partial charge in [-0.05, 0) is 71.5 Å². The van der Waals surface area contributed by atoms with E-state index in [2.05, 4.69) is 10.0 Å². The monoisotopic (exact) mass is 631 g/mol. The lowest BCUT2D eigenvalue weighted by Crippen LogP contribution is -2.44. The molecule has 2 amide bonds. The Balaban J connectivity index is 1.55. The summed E-state index contributed by atoms with van der Waals surface area (Å²) in [5, 5.41) is 3.01. The summed E-state index contributed by atoms with van der Waals surface area (Å²) >= 11 is 0. The first-order chi connectivity index (χ1) is 21.7. The van der Waals surface area contributed by atoms with E-state index < -0.39 is 21.9 Å². The summed E-state index contributed by atoms with van der Waals surface area (Å²) < 4.78 is 46.0. The Hall–Kier alpha value is -4.54. The summed E-state index contributed by atoms with van der Waals surface area (Å²) in [7, 11) is -1.99. The van der Waals surface area contributed by atoms with Crippen molar-refractivity contribution in [2.75, 3.05) is 20.2 Å². The average Bonchev–Trinajstić information content (AvgIpc) is 3.05. The van der Waals surface area contributed by atoms with Crippen LogP contribution in [0.2, 0.25) is 0 Å². The minimum atomic E-state index is -3.59. The van der Waals surface area contributed by atoms with Crippen molar-refractivity contribution >= 4 is 21.8 Å². The fourth-order valence-electron chi connectivity index (χ4n) is 4.94. The van der Waals surface area contributed by atoms with Crippen molar-refractivity contribution in [3.63, 3.8) is 0 Å². The van der Waals surface area contributed by atoms with Gasteiger partial charge in [-0.1, -0.05) is 73.7 Å². The molecule has 4 aromatic rings. The van der Waals surface area contributed by atoms with Crippen LogP contribution >= 0.6 is 0 Å². The molecule has 1 atom stereocenters. The largest absolute Gasteiger partial charge is 0.497 e. The maximum atomic E-state index is 13.9. The van der Waals surface area contributed by atoms with Crippen LogP contribution in [-0.2, 0) is 39.0 Å². The zero-order valence-corrected chi connectivity index (χ0v) is 26.2. The Morgan fingerprint density at radius 1 is 0.822 bits per heavy atom. The van der Waals surface area contributed by atoms with Crippen LogP contribution in [-0.4, -0.2) is 45.3 Å². The second-order valence-electron chi connectivity index (χ2n) is 10.5. The van der Waals surface area contributed by atoms with E-state index >= 15 is 0 Å². The molecule has 0 radical (unpaired) electrons. The Labute approximate surface area is 264 Å². The van der Waals surface area contributed by atoms with Crippen LogP contribution in [0, 0.1) is 5.82 Å². The van der Waals surface area contributed by atoms with Crippen LogP contribution in [0.4, 0.5) is 4.39 Å². The zero-order valence-electron chi connectivity index (χ0n) is 25.4. The molecule has 0 aromatic heterocycles. The Bertz CT molecular complexity index is 1650. The summed E-state index contributed by atoms with van der Waals surface area (Å²) in [4.78, 5) is 29.4. The number of nitrogens with one attached hydrogen (secondary N) is 2. The molecular weight excluding hydrogens is 593 g/mol. The number of rotatable bonds is 15. The second kappa shape index (κ2) is 16.0. The number of methoxy groups -OCH3 is 1. The highest BCUT2D eigenvalue weighted by atomic mass is 32.2. The maximum absolute atomic E-state index is 13.9. The Kier molecular flexibility index (Phi) is 11.8. The predicted molar refractivity (Wildman–Crippen MR) is 171 cm³/mol. The minimum absolute atomic E-state index is 0.0724. The molecule has 45 heavy (non-hydrogen) atoms. The summed E-state index contributed by atoms with van der Waals surface area (Å²) in [6.07, 6.45) is 0.993. The third-order valence-electron chi connectivity index (χ3n) is 7.33. The molecule has 8 nitrogen and oxygen atoms in total. The van der Waals surface area contributed by atoms with E-state index in [9.17, 15) is 22.4 Å². The highest BCUT2D eigenvalue weighted by Gasteiger charge is 2.31. The zero-order chi connectivity index (χ0) is 32.2. The van der Waals surface area contributed by atoms with Crippen LogP contribution in [0.3, 0.4) is 0 Å². The number of nitrogens with zero attached hydrogens (tertiary/aromatic N) is 1. The van der Waals surface area contributed by atoms with E-state index in [4.69, 9.17) is 4.74 Å². The topological polar surface area (TPSA) is 105 Å². The molecule has 2 N–H and O–H groups in total. The van der Waals surface area contributed by atoms with Gasteiger partial charge in [0.2, 0.25) is 21.8 Å². The van der Waals surface area contributed by atoms with Crippen LogP contribution in [0.15, 0.2) is 108 Å². The van der Waals surface area contributed by atoms with Crippen molar-refractivity contribution in [2.24, 2.45) is 0 Å². The fraction of sp³-hybridized carbons (Fsp3) is 0.257. The number of amides is 2. The number of hydrogen-bond donors (Lipinski definition) is 2. The number of hydrogen-bond acceptors (Lipinski definition) is 5. The summed E-state index contributed by atoms with van der Waals surface area (Å²) in [5.74, 6) is -0.255. The van der Waals surface area contributed by atoms with Gasteiger partial charge in [-0.3, -0.25) is 9.59 Å². The Morgan fingerprint density at radius 3 is 2.04 bits per heavy atom. The molecule has 0 fully saturated rings. The molecule has 10 heteroatoms. The normalized spacial score (nSPS) is 11.9. The number of carbonyl (C=O) groups excluding carboxylic acids is 2. The van der Waals surface area contributed by atoms with E-state index in [0.717, 1.165) is 16.9 Å². The molecule has 0 unspecified atom stereocenters. The maximum Gasteiger partial charge on any atom is 0.247 e. The fourth-order valence-corrected chi connectivity index (χ4v) is 5.98. The van der Waals surface area contributed by atoms with Gasteiger partial charge in [0, 0.05) is 26.1 Å². The van der Waals surface area contributed by atoms with Gasteiger partial charge in [0.05, 0.1) is 12.0 Å². The molecule has 0 saturated carbocycles. The van der Waals surface area contributed by atoms with E-state index in [1.165, 1.54) is 29.2 Å². The van der Waals surface area contributed by atoms with Crippen molar-refractivity contribution in [1.29, 1.82) is 0 Å². The van der Waals surface area contributed by atoms with Gasteiger partial charge in [-0.25, -0.2) is 17.5 Å². The van der Waals surface area contributed by atoms with Crippen molar-refractivity contribution in [3.05, 3.63) is 131 Å². The molecule has 0 aliphatic carbocycles. The summed E-state index contributed by atoms with van der Waals surface area (Å²) in [5.41, 5.74) is 3.12. The van der Waals surface area contributed by atoms with Gasteiger partial charge >= 0.3 is 0 Å². The first-order valence-corrected chi connectivity index (χ1v) is 16.3. The van der Waals surface area contributed by atoms with Crippen LogP contribution in [0.1, 0.15) is 41.6 Å². The van der Waals surface area contributed by atoms with Crippen molar-refractivity contribution in [3.8, 4) is 5.75 Å². The first-order valence-electron chi connectivity index (χ1n) is 14.8. The van der Waals surface area contributed by atoms with Crippen molar-refractivity contribution < 1.29 is 27.1 Å². The van der Waals surface area contributed by atoms with Gasteiger partial charge in [0.25, 0.3) is 0 Å². The molecule has 236 valence electrons. The molecule has 0 aliphatic heterocycles. The average molecular weight is 632 g/mol.